The summed E-state index contributed by atoms with van der Waals surface area (Å²) in [6.45, 7) is 9.58. The summed E-state index contributed by atoms with van der Waals surface area (Å²) >= 11 is -2.52. The number of hydrogen-bond acceptors (Lipinski definition) is 3. The van der Waals surface area contributed by atoms with Gasteiger partial charge in [-0.2, -0.15) is 0 Å². The van der Waals surface area contributed by atoms with E-state index < -0.39 is 18.4 Å². The van der Waals surface area contributed by atoms with E-state index in [-0.39, 0.29) is 0 Å². The second kappa shape index (κ2) is 10.4. The van der Waals surface area contributed by atoms with Crippen molar-refractivity contribution in [1.29, 1.82) is 0 Å². The van der Waals surface area contributed by atoms with Crippen LogP contribution in [0.4, 0.5) is 0 Å². The van der Waals surface area contributed by atoms with Crippen molar-refractivity contribution >= 4 is 33.1 Å². The van der Waals surface area contributed by atoms with Gasteiger partial charge in [-0.3, -0.25) is 0 Å². The second-order valence-electron chi connectivity index (χ2n) is 7.16. The Balaban J connectivity index is 2.46. The van der Waals surface area contributed by atoms with Crippen molar-refractivity contribution in [2.24, 2.45) is 0 Å². The molecule has 0 spiro atoms. The van der Waals surface area contributed by atoms with Gasteiger partial charge in [0.15, 0.2) is 0 Å². The fraction of sp³-hybridized carbons (Fsp3) is 0.667. The number of fused-ring (bicyclic) bond motifs is 1. The summed E-state index contributed by atoms with van der Waals surface area (Å²) in [6, 6.07) is 4.31. The van der Waals surface area contributed by atoms with Gasteiger partial charge in [-0.15, -0.1) is 0 Å². The van der Waals surface area contributed by atoms with Crippen LogP contribution in [0.25, 0.3) is 11.0 Å². The molecule has 0 bridgehead atoms. The van der Waals surface area contributed by atoms with E-state index in [1.807, 2.05) is 19.2 Å². The van der Waals surface area contributed by atoms with Crippen molar-refractivity contribution in [3.8, 4) is 5.88 Å². The molecular formula is C21H35NO2Sn. The molecule has 2 heterocycles. The van der Waals surface area contributed by atoms with Crippen LogP contribution in [0.2, 0.25) is 13.3 Å². The molecule has 0 aliphatic rings. The fourth-order valence-electron chi connectivity index (χ4n) is 3.74. The third-order valence-corrected chi connectivity index (χ3v) is 20.1. The molecule has 3 nitrogen and oxygen atoms in total. The molecule has 0 aliphatic heterocycles. The molecule has 0 N–H and O–H groups in total. The Morgan fingerprint density at radius 3 is 2.08 bits per heavy atom. The van der Waals surface area contributed by atoms with Gasteiger partial charge in [-0.25, -0.2) is 0 Å². The second-order valence-corrected chi connectivity index (χ2v) is 20.2. The van der Waals surface area contributed by atoms with E-state index in [0.717, 1.165) is 16.8 Å². The first-order chi connectivity index (χ1) is 12.2. The summed E-state index contributed by atoms with van der Waals surface area (Å²) in [7, 11) is 0. The number of pyridine rings is 1. The number of rotatable bonds is 12. The Morgan fingerprint density at radius 1 is 0.960 bits per heavy atom. The van der Waals surface area contributed by atoms with E-state index in [9.17, 15) is 0 Å². The normalized spacial score (nSPS) is 12.0. The quantitative estimate of drug-likeness (QED) is 0.356. The first kappa shape index (κ1) is 20.6. The van der Waals surface area contributed by atoms with Crippen molar-refractivity contribution in [1.82, 2.24) is 4.98 Å². The zero-order valence-electron chi connectivity index (χ0n) is 16.6. The maximum atomic E-state index is 6.49. The van der Waals surface area contributed by atoms with Crippen LogP contribution in [-0.4, -0.2) is 30.0 Å². The molecule has 4 heteroatoms. The molecule has 25 heavy (non-hydrogen) atoms. The van der Waals surface area contributed by atoms with Gasteiger partial charge < -0.3 is 0 Å². The Kier molecular flexibility index (Phi) is 8.60. The van der Waals surface area contributed by atoms with Gasteiger partial charge in [0.1, 0.15) is 0 Å². The van der Waals surface area contributed by atoms with Crippen LogP contribution in [0.3, 0.4) is 0 Å². The maximum absolute atomic E-state index is 6.49. The minimum absolute atomic E-state index is 0.641. The van der Waals surface area contributed by atoms with Gasteiger partial charge >= 0.3 is 158 Å². The fourth-order valence-corrected chi connectivity index (χ4v) is 19.0. The topological polar surface area (TPSA) is 35.3 Å². The van der Waals surface area contributed by atoms with Crippen molar-refractivity contribution in [2.45, 2.75) is 79.5 Å². The van der Waals surface area contributed by atoms with Crippen molar-refractivity contribution < 1.29 is 9.15 Å². The van der Waals surface area contributed by atoms with E-state index in [1.54, 1.807) is 0 Å². The molecule has 0 aromatic carbocycles. The Bertz CT molecular complexity index is 616. The summed E-state index contributed by atoms with van der Waals surface area (Å²) in [5.74, 6) is 0.733. The predicted molar refractivity (Wildman–Crippen MR) is 110 cm³/mol. The van der Waals surface area contributed by atoms with Gasteiger partial charge in [0.05, 0.1) is 0 Å². The van der Waals surface area contributed by atoms with Crippen molar-refractivity contribution in [3.63, 3.8) is 0 Å². The molecule has 0 fully saturated rings. The van der Waals surface area contributed by atoms with Crippen LogP contribution in [0.15, 0.2) is 22.7 Å². The minimum atomic E-state index is -2.52. The van der Waals surface area contributed by atoms with Gasteiger partial charge in [0.25, 0.3) is 0 Å². The standard InChI is InChI=1S/C9H8NO2.3C4H9.Sn/c1-2-11-9-7-4-6-12-8(7)3-5-10-9;3*1-3-4-2;/h3-5H,2H2,1H3;3*1,3-4H2,2H3;. The average molecular weight is 452 g/mol. The third kappa shape index (κ3) is 5.15. The van der Waals surface area contributed by atoms with Crippen molar-refractivity contribution in [2.75, 3.05) is 6.61 Å². The third-order valence-electron chi connectivity index (χ3n) is 5.24. The Labute approximate surface area is 157 Å². The molecule has 0 atom stereocenters. The van der Waals surface area contributed by atoms with E-state index in [1.165, 1.54) is 55.6 Å². The van der Waals surface area contributed by atoms with E-state index in [2.05, 4.69) is 31.8 Å². The van der Waals surface area contributed by atoms with Crippen LogP contribution < -0.4 is 8.51 Å². The van der Waals surface area contributed by atoms with Crippen molar-refractivity contribution in [3.05, 3.63) is 18.3 Å². The monoisotopic (exact) mass is 453 g/mol. The van der Waals surface area contributed by atoms with Gasteiger partial charge in [0, 0.05) is 0 Å². The molecular weight excluding hydrogens is 417 g/mol. The molecule has 0 saturated carbocycles. The molecule has 2 rings (SSSR count). The molecule has 0 radical (unpaired) electrons. The summed E-state index contributed by atoms with van der Waals surface area (Å²) < 4.78 is 17.8. The molecule has 0 unspecified atom stereocenters. The van der Waals surface area contributed by atoms with Gasteiger partial charge in [-0.05, 0) is 0 Å². The van der Waals surface area contributed by atoms with Gasteiger partial charge in [-0.1, -0.05) is 0 Å². The van der Waals surface area contributed by atoms with Crippen LogP contribution >= 0.6 is 0 Å². The average Bonchev–Trinajstić information content (AvgIpc) is 3.07. The summed E-state index contributed by atoms with van der Waals surface area (Å²) in [4.78, 5) is 4.42. The zero-order valence-corrected chi connectivity index (χ0v) is 19.4. The number of nitrogens with zero attached hydrogens (tertiary/aromatic N) is 1. The summed E-state index contributed by atoms with van der Waals surface area (Å²) in [5, 5.41) is 1.07. The predicted octanol–water partition coefficient (Wildman–Crippen LogP) is 6.28. The Morgan fingerprint density at radius 2 is 1.56 bits per heavy atom. The van der Waals surface area contributed by atoms with Gasteiger partial charge in [0.2, 0.25) is 0 Å². The zero-order chi connectivity index (χ0) is 18.1. The molecule has 0 aliphatic carbocycles. The first-order valence-corrected chi connectivity index (χ1v) is 17.7. The number of unbranched alkanes of at least 4 members (excludes halogenated alkanes) is 3. The molecule has 0 amide bonds. The van der Waals surface area contributed by atoms with E-state index >= 15 is 0 Å². The van der Waals surface area contributed by atoms with E-state index in [4.69, 9.17) is 9.15 Å². The molecule has 2 aromatic heterocycles. The SMILES string of the molecule is CCC[CH2][Sn]([CH2]CCC)([CH2]CCC)[c]1cc2c(OCC)nccc2o1. The number of ether oxygens (including phenoxy) is 1. The summed E-state index contributed by atoms with van der Waals surface area (Å²) in [5.41, 5.74) is 0.957. The molecule has 0 saturated heterocycles. The number of hydrogen-bond donors (Lipinski definition) is 0. The van der Waals surface area contributed by atoms with Crippen LogP contribution in [-0.2, 0) is 0 Å². The molecule has 2 aromatic rings. The van der Waals surface area contributed by atoms with Crippen LogP contribution in [0, 0.1) is 0 Å². The number of aromatic nitrogens is 1. The van der Waals surface area contributed by atoms with Crippen LogP contribution in [0.1, 0.15) is 66.2 Å². The molecule has 140 valence electrons. The van der Waals surface area contributed by atoms with Crippen LogP contribution in [0.5, 0.6) is 5.88 Å². The van der Waals surface area contributed by atoms with E-state index in [0.29, 0.717) is 6.61 Å². The first-order valence-electron chi connectivity index (χ1n) is 10.2. The summed E-state index contributed by atoms with van der Waals surface area (Å²) in [6.07, 6.45) is 9.68. The Hall–Kier alpha value is -0.711. The number of furan rings is 1.